The van der Waals surface area contributed by atoms with Crippen LogP contribution in [0, 0.1) is 29.2 Å². The second-order valence-electron chi connectivity index (χ2n) is 11.4. The molecule has 0 bridgehead atoms. The third-order valence-corrected chi connectivity index (χ3v) is 9.25. The highest BCUT2D eigenvalue weighted by Crippen LogP contribution is 2.40. The topological polar surface area (TPSA) is 116 Å². The molecule has 4 aromatic rings. The number of sulfone groups is 1. The van der Waals surface area contributed by atoms with Gasteiger partial charge in [0.25, 0.3) is 0 Å². The molecular formula is C30H32F4N4O5S. The molecule has 1 saturated carbocycles. The first-order chi connectivity index (χ1) is 20.9. The summed E-state index contributed by atoms with van der Waals surface area (Å²) in [4.78, 5) is 13.3. The zero-order valence-electron chi connectivity index (χ0n) is 24.2. The summed E-state index contributed by atoms with van der Waals surface area (Å²) in [5.41, 5.74) is 1.64. The van der Waals surface area contributed by atoms with Crippen LogP contribution in [0.4, 0.5) is 17.6 Å². The lowest BCUT2D eigenvalue weighted by atomic mass is 9.81. The molecule has 2 atom stereocenters. The van der Waals surface area contributed by atoms with E-state index in [9.17, 15) is 30.8 Å². The van der Waals surface area contributed by atoms with Crippen molar-refractivity contribution < 1.29 is 39.9 Å². The Bertz CT molecular complexity index is 1740. The van der Waals surface area contributed by atoms with Crippen molar-refractivity contribution in [2.24, 2.45) is 5.92 Å². The van der Waals surface area contributed by atoms with Gasteiger partial charge in [-0.3, -0.25) is 4.79 Å². The molecule has 2 heterocycles. The molecular weight excluding hydrogens is 604 g/mol. The average Bonchev–Trinajstić information content (AvgIpc) is 3.77. The number of benzene rings is 2. The Kier molecular flexibility index (Phi) is 9.12. The van der Waals surface area contributed by atoms with Crippen molar-refractivity contribution in [3.05, 3.63) is 77.3 Å². The molecule has 1 unspecified atom stereocenters. The van der Waals surface area contributed by atoms with Gasteiger partial charge in [0.2, 0.25) is 11.6 Å². The number of ketones is 1. The van der Waals surface area contributed by atoms with E-state index in [1.165, 1.54) is 4.68 Å². The van der Waals surface area contributed by atoms with E-state index in [1.54, 1.807) is 12.5 Å². The normalized spacial score (nSPS) is 16.3. The molecule has 2 aromatic carbocycles. The Morgan fingerprint density at radius 3 is 2.52 bits per heavy atom. The summed E-state index contributed by atoms with van der Waals surface area (Å²) in [5.74, 6) is -9.40. The summed E-state index contributed by atoms with van der Waals surface area (Å²) in [6, 6.07) is 6.52. The van der Waals surface area contributed by atoms with Crippen molar-refractivity contribution in [2.75, 3.05) is 18.6 Å². The molecule has 44 heavy (non-hydrogen) atoms. The van der Waals surface area contributed by atoms with E-state index >= 15 is 0 Å². The molecule has 1 aliphatic rings. The van der Waals surface area contributed by atoms with Crippen molar-refractivity contribution in [2.45, 2.75) is 57.2 Å². The van der Waals surface area contributed by atoms with Gasteiger partial charge in [-0.15, -0.1) is 5.10 Å². The summed E-state index contributed by atoms with van der Waals surface area (Å²) in [6.07, 6.45) is 7.88. The van der Waals surface area contributed by atoms with Gasteiger partial charge < -0.3 is 14.5 Å². The second kappa shape index (κ2) is 12.7. The molecule has 236 valence electrons. The summed E-state index contributed by atoms with van der Waals surface area (Å²) in [5, 5.41) is 13.1. The number of ether oxygens (including phenoxy) is 1. The lowest BCUT2D eigenvalue weighted by Crippen LogP contribution is -2.45. The van der Waals surface area contributed by atoms with E-state index in [0.717, 1.165) is 48.5 Å². The molecule has 0 spiro atoms. The summed E-state index contributed by atoms with van der Waals surface area (Å²) in [6.45, 7) is 1.50. The van der Waals surface area contributed by atoms with Crippen molar-refractivity contribution in [3.8, 4) is 5.75 Å². The van der Waals surface area contributed by atoms with Crippen molar-refractivity contribution in [3.63, 3.8) is 0 Å². The molecule has 0 amide bonds. The largest absolute Gasteiger partial charge is 0.479 e. The van der Waals surface area contributed by atoms with Gasteiger partial charge in [0.05, 0.1) is 23.8 Å². The first kappa shape index (κ1) is 31.6. The minimum absolute atomic E-state index is 0.0242. The summed E-state index contributed by atoms with van der Waals surface area (Å²) < 4.78 is 91.0. The predicted molar refractivity (Wildman–Crippen MR) is 153 cm³/mol. The van der Waals surface area contributed by atoms with Gasteiger partial charge in [-0.1, -0.05) is 24.1 Å². The maximum Gasteiger partial charge on any atom is 0.203 e. The van der Waals surface area contributed by atoms with Crippen molar-refractivity contribution in [1.29, 1.82) is 0 Å². The quantitative estimate of drug-likeness (QED) is 0.153. The van der Waals surface area contributed by atoms with Crippen LogP contribution in [0.15, 0.2) is 47.2 Å². The standard InChI is InChI=1S/C30H32F4N4O5S/c1-30(20-5-3-4-6-20,35-15-18-7-8-25-19(13-18)9-11-42-25)26-16-38(37-36-26)23(10-12-44(2,40)41)24(39)17-43-29-27(33)21(31)14-22(32)28(29)34/h7-9,11,13-14,16,20,23,35H,3-6,10,12,15,17H2,1-2H3/t23?,30-/m0/s1. The lowest BCUT2D eigenvalue weighted by Gasteiger charge is -2.35. The average molecular weight is 637 g/mol. The number of rotatable bonds is 13. The Labute approximate surface area is 251 Å². The van der Waals surface area contributed by atoms with E-state index in [4.69, 9.17) is 9.15 Å². The summed E-state index contributed by atoms with van der Waals surface area (Å²) in [7, 11) is -3.53. The fourth-order valence-electron chi connectivity index (χ4n) is 5.71. The first-order valence-corrected chi connectivity index (χ1v) is 16.2. The molecule has 0 radical (unpaired) electrons. The molecule has 0 aliphatic heterocycles. The van der Waals surface area contributed by atoms with Crippen LogP contribution in [0.1, 0.15) is 56.3 Å². The molecule has 0 saturated heterocycles. The number of carbonyl (C=O) groups excluding carboxylic acids is 1. The number of fused-ring (bicyclic) bond motifs is 1. The second-order valence-corrected chi connectivity index (χ2v) is 13.7. The number of hydrogen-bond acceptors (Lipinski definition) is 8. The van der Waals surface area contributed by atoms with Gasteiger partial charge in [-0.05, 0) is 55.9 Å². The number of halogens is 4. The minimum Gasteiger partial charge on any atom is -0.479 e. The lowest BCUT2D eigenvalue weighted by molar-refractivity contribution is -0.124. The van der Waals surface area contributed by atoms with Crippen LogP contribution in [0.5, 0.6) is 5.75 Å². The number of hydrogen-bond donors (Lipinski definition) is 1. The Morgan fingerprint density at radius 2 is 1.84 bits per heavy atom. The van der Waals surface area contributed by atoms with Crippen molar-refractivity contribution in [1.82, 2.24) is 20.3 Å². The molecule has 1 fully saturated rings. The third-order valence-electron chi connectivity index (χ3n) is 8.27. The number of nitrogens with one attached hydrogen (secondary N) is 1. The zero-order valence-corrected chi connectivity index (χ0v) is 25.0. The van der Waals surface area contributed by atoms with Gasteiger partial charge in [0.1, 0.15) is 33.8 Å². The fraction of sp³-hybridized carbons (Fsp3) is 0.433. The van der Waals surface area contributed by atoms with E-state index in [1.807, 2.05) is 31.2 Å². The van der Waals surface area contributed by atoms with Gasteiger partial charge in [-0.2, -0.15) is 8.78 Å². The van der Waals surface area contributed by atoms with Crippen molar-refractivity contribution >= 4 is 26.6 Å². The van der Waals surface area contributed by atoms with Crippen LogP contribution in [0.3, 0.4) is 0 Å². The maximum absolute atomic E-state index is 14.1. The van der Waals surface area contributed by atoms with Gasteiger partial charge in [0, 0.05) is 24.3 Å². The van der Waals surface area contributed by atoms with Gasteiger partial charge in [-0.25, -0.2) is 21.9 Å². The minimum atomic E-state index is -3.53. The molecule has 2 aromatic heterocycles. The summed E-state index contributed by atoms with van der Waals surface area (Å²) >= 11 is 0. The number of furan rings is 1. The number of nitrogens with zero attached hydrogens (tertiary/aromatic N) is 3. The Morgan fingerprint density at radius 1 is 1.14 bits per heavy atom. The molecule has 1 N–H and O–H groups in total. The Balaban J connectivity index is 1.40. The highest BCUT2D eigenvalue weighted by molar-refractivity contribution is 7.90. The monoisotopic (exact) mass is 636 g/mol. The number of aromatic nitrogens is 3. The smallest absolute Gasteiger partial charge is 0.203 e. The van der Waals surface area contributed by atoms with E-state index in [2.05, 4.69) is 15.6 Å². The predicted octanol–water partition coefficient (Wildman–Crippen LogP) is 5.40. The molecule has 1 aliphatic carbocycles. The van der Waals surface area contributed by atoms with Gasteiger partial charge >= 0.3 is 0 Å². The highest BCUT2D eigenvalue weighted by atomic mass is 32.2. The molecule has 14 heteroatoms. The first-order valence-electron chi connectivity index (χ1n) is 14.2. The fourth-order valence-corrected chi connectivity index (χ4v) is 6.36. The highest BCUT2D eigenvalue weighted by Gasteiger charge is 2.40. The van der Waals surface area contributed by atoms with Crippen LogP contribution in [-0.2, 0) is 26.7 Å². The van der Waals surface area contributed by atoms with E-state index in [-0.39, 0.29) is 18.4 Å². The van der Waals surface area contributed by atoms with Crippen LogP contribution in [-0.4, -0.2) is 47.8 Å². The third kappa shape index (κ3) is 6.80. The number of Topliss-reactive ketones (excluding diaryl/α,β-unsaturated/α-hetero) is 1. The van der Waals surface area contributed by atoms with E-state index < -0.39 is 68.6 Å². The molecule has 9 nitrogen and oxygen atoms in total. The van der Waals surface area contributed by atoms with Crippen LogP contribution in [0.25, 0.3) is 11.0 Å². The van der Waals surface area contributed by atoms with Gasteiger partial charge in [0.15, 0.2) is 23.2 Å². The zero-order chi connectivity index (χ0) is 31.6. The Hall–Kier alpha value is -3.78. The van der Waals surface area contributed by atoms with Crippen LogP contribution in [0.2, 0.25) is 0 Å². The van der Waals surface area contributed by atoms with E-state index in [0.29, 0.717) is 12.2 Å². The van der Waals surface area contributed by atoms with Crippen LogP contribution >= 0.6 is 0 Å². The SMILES string of the molecule is C[C@@](NCc1ccc2occc2c1)(c1cn(C(CCS(C)(=O)=O)C(=O)COc2c(F)c(F)cc(F)c2F)nn1)C1CCCC1. The van der Waals surface area contributed by atoms with Crippen LogP contribution < -0.4 is 10.1 Å². The molecule has 5 rings (SSSR count). The number of carbonyl (C=O) groups is 1. The maximum atomic E-state index is 14.1.